The Bertz CT molecular complexity index is 894. The smallest absolute Gasteiger partial charge is 0.175 e. The van der Waals surface area contributed by atoms with Crippen LogP contribution in [0.5, 0.6) is 0 Å². The molecule has 2 aromatic rings. The fraction of sp³-hybridized carbons (Fsp3) is 0.300. The first-order valence-electron chi connectivity index (χ1n) is 8.85. The summed E-state index contributed by atoms with van der Waals surface area (Å²) in [6, 6.07) is 14.2. The second-order valence-electron chi connectivity index (χ2n) is 6.66. The number of hydrogen-bond acceptors (Lipinski definition) is 7. The van der Waals surface area contributed by atoms with Crippen molar-refractivity contribution in [3.63, 3.8) is 0 Å². The minimum absolute atomic E-state index is 0.0629. The van der Waals surface area contributed by atoms with Gasteiger partial charge in [0.15, 0.2) is 9.84 Å². The summed E-state index contributed by atoms with van der Waals surface area (Å²) in [7, 11) is -3.21. The topological polar surface area (TPSA) is 130 Å². The van der Waals surface area contributed by atoms with Crippen LogP contribution in [-0.2, 0) is 16.3 Å². The van der Waals surface area contributed by atoms with Crippen molar-refractivity contribution in [3.8, 4) is 11.1 Å². The van der Waals surface area contributed by atoms with Gasteiger partial charge in [-0.3, -0.25) is 0 Å². The molecular weight excluding hydrogens is 378 g/mol. The second-order valence-corrected chi connectivity index (χ2v) is 8.67. The Morgan fingerprint density at radius 3 is 2.07 bits per heavy atom. The molecule has 2 rings (SSSR count). The van der Waals surface area contributed by atoms with Gasteiger partial charge in [0.25, 0.3) is 0 Å². The van der Waals surface area contributed by atoms with Crippen LogP contribution in [0.25, 0.3) is 11.1 Å². The Labute approximate surface area is 165 Å². The number of sulfone groups is 1. The molecule has 8 heteroatoms. The molecule has 0 aliphatic heterocycles. The average molecular weight is 406 g/mol. The highest BCUT2D eigenvalue weighted by molar-refractivity contribution is 7.90. The van der Waals surface area contributed by atoms with Crippen molar-refractivity contribution in [1.29, 1.82) is 0 Å². The maximum Gasteiger partial charge on any atom is 0.175 e. The first-order valence-corrected chi connectivity index (χ1v) is 10.7. The van der Waals surface area contributed by atoms with Crippen molar-refractivity contribution >= 4 is 9.84 Å². The summed E-state index contributed by atoms with van der Waals surface area (Å²) in [6.07, 6.45) is 3.54. The van der Waals surface area contributed by atoms with E-state index in [-0.39, 0.29) is 24.2 Å². The lowest BCUT2D eigenvalue weighted by atomic mass is 10.0. The third-order valence-corrected chi connectivity index (χ3v) is 5.52. The zero-order chi connectivity index (χ0) is 20.7. The highest BCUT2D eigenvalue weighted by Gasteiger charge is 2.14. The number of aliphatic hydroxyl groups excluding tert-OH is 2. The Kier molecular flexibility index (Phi) is 7.59. The number of hydrazine groups is 1. The van der Waals surface area contributed by atoms with Crippen LogP contribution in [0.15, 0.2) is 65.3 Å². The van der Waals surface area contributed by atoms with Crippen molar-refractivity contribution in [3.05, 3.63) is 66.0 Å². The second kappa shape index (κ2) is 9.70. The zero-order valence-electron chi connectivity index (χ0n) is 15.8. The van der Waals surface area contributed by atoms with Gasteiger partial charge in [-0.2, -0.15) is 0 Å². The number of rotatable bonds is 9. The van der Waals surface area contributed by atoms with E-state index >= 15 is 0 Å². The molecule has 0 aromatic heterocycles. The van der Waals surface area contributed by atoms with Gasteiger partial charge in [-0.25, -0.2) is 14.3 Å². The molecule has 1 atom stereocenters. The normalized spacial score (nSPS) is 13.4. The maximum atomic E-state index is 11.6. The largest absolute Gasteiger partial charge is 0.401 e. The molecule has 0 spiro atoms. The lowest BCUT2D eigenvalue weighted by molar-refractivity contribution is 0.163. The molecule has 0 heterocycles. The van der Waals surface area contributed by atoms with E-state index in [0.717, 1.165) is 16.7 Å². The molecule has 2 aromatic carbocycles. The van der Waals surface area contributed by atoms with Gasteiger partial charge >= 0.3 is 0 Å². The van der Waals surface area contributed by atoms with E-state index < -0.39 is 9.84 Å². The Morgan fingerprint density at radius 1 is 1.07 bits per heavy atom. The van der Waals surface area contributed by atoms with Crippen molar-refractivity contribution in [2.24, 2.45) is 11.6 Å². The zero-order valence-corrected chi connectivity index (χ0v) is 16.6. The van der Waals surface area contributed by atoms with Gasteiger partial charge in [-0.15, -0.1) is 0 Å². The van der Waals surface area contributed by atoms with E-state index in [1.165, 1.54) is 17.5 Å². The third-order valence-electron chi connectivity index (χ3n) is 4.39. The van der Waals surface area contributed by atoms with Crippen LogP contribution in [0.4, 0.5) is 0 Å². The van der Waals surface area contributed by atoms with Gasteiger partial charge in [0.1, 0.15) is 0 Å². The highest BCUT2D eigenvalue weighted by Crippen LogP contribution is 2.22. The number of hydrogen-bond donors (Lipinski definition) is 4. The van der Waals surface area contributed by atoms with E-state index in [4.69, 9.17) is 16.7 Å². The van der Waals surface area contributed by atoms with E-state index in [1.807, 2.05) is 24.3 Å². The fourth-order valence-corrected chi connectivity index (χ4v) is 3.39. The van der Waals surface area contributed by atoms with Crippen LogP contribution in [0, 0.1) is 0 Å². The Morgan fingerprint density at radius 2 is 1.61 bits per heavy atom. The molecule has 152 valence electrons. The summed E-state index contributed by atoms with van der Waals surface area (Å²) < 4.78 is 23.1. The van der Waals surface area contributed by atoms with Gasteiger partial charge in [0, 0.05) is 31.2 Å². The van der Waals surface area contributed by atoms with Crippen LogP contribution in [-0.4, -0.2) is 49.2 Å². The third kappa shape index (κ3) is 6.07. The minimum Gasteiger partial charge on any atom is -0.401 e. The molecule has 0 radical (unpaired) electrons. The number of nitrogens with two attached hydrogens (primary N) is 2. The molecule has 0 saturated carbocycles. The summed E-state index contributed by atoms with van der Waals surface area (Å²) in [4.78, 5) is 0.287. The quantitative estimate of drug-likeness (QED) is 0.362. The predicted molar refractivity (Wildman–Crippen MR) is 110 cm³/mol. The molecule has 0 aliphatic carbocycles. The van der Waals surface area contributed by atoms with Crippen molar-refractivity contribution in [2.75, 3.05) is 19.5 Å². The summed E-state index contributed by atoms with van der Waals surface area (Å²) in [5.74, 6) is 5.96. The number of aliphatic hydroxyl groups is 2. The molecule has 28 heavy (non-hydrogen) atoms. The first-order chi connectivity index (χ1) is 13.2. The summed E-state index contributed by atoms with van der Waals surface area (Å²) in [5, 5.41) is 19.9. The van der Waals surface area contributed by atoms with Crippen molar-refractivity contribution < 1.29 is 18.6 Å². The van der Waals surface area contributed by atoms with Crippen molar-refractivity contribution in [2.45, 2.75) is 23.8 Å². The van der Waals surface area contributed by atoms with Gasteiger partial charge in [-0.1, -0.05) is 36.4 Å². The molecule has 0 bridgehead atoms. The van der Waals surface area contributed by atoms with E-state index in [2.05, 4.69) is 0 Å². The van der Waals surface area contributed by atoms with Crippen molar-refractivity contribution in [1.82, 2.24) is 5.01 Å². The van der Waals surface area contributed by atoms with E-state index in [1.54, 1.807) is 24.3 Å². The lowest BCUT2D eigenvalue weighted by Gasteiger charge is -2.25. The lowest BCUT2D eigenvalue weighted by Crippen LogP contribution is -2.41. The van der Waals surface area contributed by atoms with Crippen LogP contribution < -0.4 is 11.6 Å². The number of benzene rings is 2. The predicted octanol–water partition coefficient (Wildman–Crippen LogP) is 1.02. The Hall–Kier alpha value is -2.39. The molecule has 0 fully saturated rings. The highest BCUT2D eigenvalue weighted by atomic mass is 32.2. The summed E-state index contributed by atoms with van der Waals surface area (Å²) in [5.41, 5.74) is 9.05. The van der Waals surface area contributed by atoms with E-state index in [0.29, 0.717) is 18.5 Å². The van der Waals surface area contributed by atoms with Crippen LogP contribution in [0.2, 0.25) is 0 Å². The minimum atomic E-state index is -3.21. The van der Waals surface area contributed by atoms with Gasteiger partial charge < -0.3 is 21.0 Å². The molecule has 7 nitrogen and oxygen atoms in total. The summed E-state index contributed by atoms with van der Waals surface area (Å²) in [6.45, 7) is -0.208. The monoisotopic (exact) mass is 405 g/mol. The fourth-order valence-electron chi connectivity index (χ4n) is 2.75. The molecule has 1 unspecified atom stereocenters. The molecule has 0 amide bonds. The standard InChI is InChI=1S/C20H27N3O4S/c1-28(26,27)20-8-6-17(7-9-20)16-4-2-15(3-5-16)12-19(14-25)23(22)13-18(21)10-11-24/h2-9,13,19,24-25H,10-12,14,21-22H2,1H3/b18-13-. The van der Waals surface area contributed by atoms with E-state index in [9.17, 15) is 13.5 Å². The number of nitrogens with zero attached hydrogens (tertiary/aromatic N) is 1. The molecular formula is C20H27N3O4S. The first kappa shape index (κ1) is 21.9. The summed E-state index contributed by atoms with van der Waals surface area (Å²) >= 11 is 0. The molecule has 6 N–H and O–H groups in total. The maximum absolute atomic E-state index is 11.6. The molecule has 0 aliphatic rings. The van der Waals surface area contributed by atoms with Crippen LogP contribution >= 0.6 is 0 Å². The average Bonchev–Trinajstić information content (AvgIpc) is 2.66. The SMILES string of the molecule is CS(=O)(=O)c1ccc(-c2ccc(CC(CO)N(N)/C=C(\N)CCO)cc2)cc1. The van der Waals surface area contributed by atoms with Gasteiger partial charge in [-0.05, 0) is 35.2 Å². The Balaban J connectivity index is 2.10. The molecule has 0 saturated heterocycles. The van der Waals surface area contributed by atoms with Gasteiger partial charge in [0.2, 0.25) is 0 Å². The van der Waals surface area contributed by atoms with Crippen LogP contribution in [0.3, 0.4) is 0 Å². The van der Waals surface area contributed by atoms with Crippen LogP contribution in [0.1, 0.15) is 12.0 Å². The van der Waals surface area contributed by atoms with Gasteiger partial charge in [0.05, 0.1) is 17.5 Å².